The van der Waals surface area contributed by atoms with E-state index in [0.29, 0.717) is 24.7 Å². The lowest BCUT2D eigenvalue weighted by Crippen LogP contribution is -2.32. The zero-order chi connectivity index (χ0) is 18.4. The molecule has 2 aromatic carbocycles. The lowest BCUT2D eigenvalue weighted by atomic mass is 10.0. The Morgan fingerprint density at radius 2 is 1.81 bits per heavy atom. The Kier molecular flexibility index (Phi) is 5.84. The fourth-order valence-corrected chi connectivity index (χ4v) is 2.86. The summed E-state index contributed by atoms with van der Waals surface area (Å²) in [6.07, 6.45) is 1.74. The van der Waals surface area contributed by atoms with Gasteiger partial charge in [0.25, 0.3) is 0 Å². The summed E-state index contributed by atoms with van der Waals surface area (Å²) in [7, 11) is 0. The van der Waals surface area contributed by atoms with Crippen LogP contribution in [0.1, 0.15) is 25.0 Å². The first-order valence-corrected chi connectivity index (χ1v) is 8.89. The van der Waals surface area contributed by atoms with Crippen molar-refractivity contribution >= 4 is 11.7 Å². The van der Waals surface area contributed by atoms with Crippen LogP contribution in [0.4, 0.5) is 10.5 Å². The Bertz CT molecular complexity index is 754. The molecule has 1 aliphatic heterocycles. The number of para-hydroxylation sites is 1. The number of anilines is 1. The summed E-state index contributed by atoms with van der Waals surface area (Å²) >= 11 is 0. The Morgan fingerprint density at radius 3 is 2.54 bits per heavy atom. The molecule has 2 amide bonds. The Hall–Kier alpha value is -2.89. The van der Waals surface area contributed by atoms with Crippen molar-refractivity contribution in [3.8, 4) is 17.2 Å². The molecule has 6 nitrogen and oxygen atoms in total. The van der Waals surface area contributed by atoms with Crippen molar-refractivity contribution < 1.29 is 19.0 Å². The number of hydrogen-bond donors (Lipinski definition) is 2. The van der Waals surface area contributed by atoms with Crippen LogP contribution in [0.25, 0.3) is 0 Å². The van der Waals surface area contributed by atoms with Crippen molar-refractivity contribution in [2.24, 2.45) is 0 Å². The van der Waals surface area contributed by atoms with Crippen LogP contribution in [-0.2, 0) is 12.8 Å². The minimum atomic E-state index is -0.227. The summed E-state index contributed by atoms with van der Waals surface area (Å²) in [5.41, 5.74) is 3.18. The third-order valence-corrected chi connectivity index (χ3v) is 4.24. The van der Waals surface area contributed by atoms with Crippen LogP contribution in [0.2, 0.25) is 0 Å². The van der Waals surface area contributed by atoms with Crippen LogP contribution in [0.5, 0.6) is 17.2 Å². The van der Waals surface area contributed by atoms with Crippen LogP contribution < -0.4 is 24.8 Å². The molecular formula is C20H24N2O4. The largest absolute Gasteiger partial charge is 0.492 e. The fraction of sp³-hybridized carbons (Fsp3) is 0.350. The molecule has 0 aromatic heterocycles. The first-order chi connectivity index (χ1) is 12.7. The molecule has 0 radical (unpaired) electrons. The maximum absolute atomic E-state index is 12.2. The molecule has 0 saturated heterocycles. The quantitative estimate of drug-likeness (QED) is 0.742. The molecule has 1 aliphatic rings. The SMILES string of the molecule is CCc1cccc(CC)c1NC(=O)NCCOc1ccc2c(c1)OCO2. The van der Waals surface area contributed by atoms with Gasteiger partial charge in [-0.15, -0.1) is 0 Å². The predicted octanol–water partition coefficient (Wildman–Crippen LogP) is 3.74. The van der Waals surface area contributed by atoms with Gasteiger partial charge in [-0.05, 0) is 36.1 Å². The van der Waals surface area contributed by atoms with Gasteiger partial charge in [0, 0.05) is 11.8 Å². The summed E-state index contributed by atoms with van der Waals surface area (Å²) in [5.74, 6) is 2.08. The highest BCUT2D eigenvalue weighted by molar-refractivity contribution is 5.91. The number of benzene rings is 2. The van der Waals surface area contributed by atoms with Gasteiger partial charge in [0.2, 0.25) is 6.79 Å². The van der Waals surface area contributed by atoms with E-state index in [1.54, 1.807) is 6.07 Å². The highest BCUT2D eigenvalue weighted by Crippen LogP contribution is 2.35. The zero-order valence-corrected chi connectivity index (χ0v) is 15.1. The maximum Gasteiger partial charge on any atom is 0.319 e. The number of ether oxygens (including phenoxy) is 3. The lowest BCUT2D eigenvalue weighted by Gasteiger charge is -2.15. The van der Waals surface area contributed by atoms with E-state index in [1.807, 2.05) is 30.3 Å². The number of rotatable bonds is 7. The summed E-state index contributed by atoms with van der Waals surface area (Å²) in [5, 5.41) is 5.80. The number of hydrogen-bond acceptors (Lipinski definition) is 4. The zero-order valence-electron chi connectivity index (χ0n) is 15.1. The molecule has 2 N–H and O–H groups in total. The third-order valence-electron chi connectivity index (χ3n) is 4.24. The van der Waals surface area contributed by atoms with Gasteiger partial charge >= 0.3 is 6.03 Å². The van der Waals surface area contributed by atoms with Gasteiger partial charge in [-0.1, -0.05) is 32.0 Å². The van der Waals surface area contributed by atoms with Crippen LogP contribution in [0.3, 0.4) is 0 Å². The van der Waals surface area contributed by atoms with E-state index in [4.69, 9.17) is 14.2 Å². The molecular weight excluding hydrogens is 332 g/mol. The summed E-state index contributed by atoms with van der Waals surface area (Å²) in [4.78, 5) is 12.2. The van der Waals surface area contributed by atoms with Crippen molar-refractivity contribution in [2.45, 2.75) is 26.7 Å². The molecule has 0 bridgehead atoms. The van der Waals surface area contributed by atoms with Crippen LogP contribution >= 0.6 is 0 Å². The number of urea groups is 1. The monoisotopic (exact) mass is 356 g/mol. The van der Waals surface area contributed by atoms with Crippen molar-refractivity contribution in [2.75, 3.05) is 25.3 Å². The van der Waals surface area contributed by atoms with Crippen LogP contribution in [0, 0.1) is 0 Å². The number of amides is 2. The van der Waals surface area contributed by atoms with Gasteiger partial charge in [0.15, 0.2) is 11.5 Å². The lowest BCUT2D eigenvalue weighted by molar-refractivity contribution is 0.173. The second-order valence-corrected chi connectivity index (χ2v) is 5.90. The van der Waals surface area contributed by atoms with E-state index in [1.165, 1.54) is 0 Å². The van der Waals surface area contributed by atoms with Gasteiger partial charge in [0.1, 0.15) is 12.4 Å². The number of carbonyl (C=O) groups excluding carboxylic acids is 1. The molecule has 0 saturated carbocycles. The van der Waals surface area contributed by atoms with Crippen molar-refractivity contribution in [1.82, 2.24) is 5.32 Å². The van der Waals surface area contributed by atoms with Gasteiger partial charge in [-0.2, -0.15) is 0 Å². The predicted molar refractivity (Wildman–Crippen MR) is 100 cm³/mol. The highest BCUT2D eigenvalue weighted by atomic mass is 16.7. The molecule has 2 aromatic rings. The normalized spacial score (nSPS) is 11.9. The van der Waals surface area contributed by atoms with Crippen LogP contribution in [0.15, 0.2) is 36.4 Å². The minimum absolute atomic E-state index is 0.227. The molecule has 138 valence electrons. The molecule has 6 heteroatoms. The van der Waals surface area contributed by atoms with E-state index in [9.17, 15) is 4.79 Å². The molecule has 3 rings (SSSR count). The number of carbonyl (C=O) groups is 1. The third kappa shape index (κ3) is 4.20. The van der Waals surface area contributed by atoms with E-state index in [-0.39, 0.29) is 12.8 Å². The van der Waals surface area contributed by atoms with Gasteiger partial charge in [-0.3, -0.25) is 0 Å². The first-order valence-electron chi connectivity index (χ1n) is 8.89. The van der Waals surface area contributed by atoms with E-state index >= 15 is 0 Å². The van der Waals surface area contributed by atoms with Gasteiger partial charge < -0.3 is 24.8 Å². The second-order valence-electron chi connectivity index (χ2n) is 5.90. The number of aryl methyl sites for hydroxylation is 2. The highest BCUT2D eigenvalue weighted by Gasteiger charge is 2.14. The van der Waals surface area contributed by atoms with Gasteiger partial charge in [0.05, 0.1) is 6.54 Å². The smallest absolute Gasteiger partial charge is 0.319 e. The van der Waals surface area contributed by atoms with E-state index in [0.717, 1.165) is 35.4 Å². The average molecular weight is 356 g/mol. The van der Waals surface area contributed by atoms with Crippen molar-refractivity contribution in [3.05, 3.63) is 47.5 Å². The molecule has 0 spiro atoms. The number of fused-ring (bicyclic) bond motifs is 1. The van der Waals surface area contributed by atoms with Crippen molar-refractivity contribution in [1.29, 1.82) is 0 Å². The molecule has 0 aliphatic carbocycles. The topological polar surface area (TPSA) is 68.8 Å². The maximum atomic E-state index is 12.2. The Morgan fingerprint density at radius 1 is 1.08 bits per heavy atom. The van der Waals surface area contributed by atoms with E-state index in [2.05, 4.69) is 24.5 Å². The minimum Gasteiger partial charge on any atom is -0.492 e. The Labute approximate surface area is 153 Å². The summed E-state index contributed by atoms with van der Waals surface area (Å²) in [6.45, 7) is 5.16. The van der Waals surface area contributed by atoms with Crippen LogP contribution in [-0.4, -0.2) is 26.0 Å². The Balaban J connectivity index is 1.48. The van der Waals surface area contributed by atoms with Crippen molar-refractivity contribution in [3.63, 3.8) is 0 Å². The molecule has 26 heavy (non-hydrogen) atoms. The second kappa shape index (κ2) is 8.47. The molecule has 0 fully saturated rings. The first kappa shape index (κ1) is 17.9. The summed E-state index contributed by atoms with van der Waals surface area (Å²) < 4.78 is 16.2. The molecule has 0 atom stereocenters. The number of nitrogens with one attached hydrogen (secondary N) is 2. The average Bonchev–Trinajstić information content (AvgIpc) is 3.13. The standard InChI is InChI=1S/C20H24N2O4/c1-3-14-6-5-7-15(4-2)19(14)22-20(23)21-10-11-24-16-8-9-17-18(12-16)26-13-25-17/h5-9,12H,3-4,10-11,13H2,1-2H3,(H2,21,22,23). The summed E-state index contributed by atoms with van der Waals surface area (Å²) in [6, 6.07) is 11.3. The van der Waals surface area contributed by atoms with E-state index < -0.39 is 0 Å². The molecule has 1 heterocycles. The fourth-order valence-electron chi connectivity index (χ4n) is 2.86. The van der Waals surface area contributed by atoms with Gasteiger partial charge in [-0.25, -0.2) is 4.79 Å². The molecule has 0 unspecified atom stereocenters.